The van der Waals surface area contributed by atoms with E-state index in [1.807, 2.05) is 0 Å². The molecule has 3 heterocycles. The highest BCUT2D eigenvalue weighted by molar-refractivity contribution is 4.95. The molecule has 0 radical (unpaired) electrons. The van der Waals surface area contributed by atoms with Gasteiger partial charge in [-0.3, -0.25) is 4.90 Å². The average Bonchev–Trinajstić information content (AvgIpc) is 2.96. The second-order valence-electron chi connectivity index (χ2n) is 6.63. The highest BCUT2D eigenvalue weighted by Gasteiger charge is 2.36. The fraction of sp³-hybridized carbons (Fsp3) is 1.00. The van der Waals surface area contributed by atoms with Crippen molar-refractivity contribution in [2.75, 3.05) is 39.8 Å². The lowest BCUT2D eigenvalue weighted by Gasteiger charge is -2.29. The number of rotatable bonds is 4. The first kappa shape index (κ1) is 12.9. The molecule has 3 aliphatic rings. The van der Waals surface area contributed by atoms with Gasteiger partial charge in [-0.2, -0.15) is 0 Å². The number of hydrogen-bond acceptors (Lipinski definition) is 3. The van der Waals surface area contributed by atoms with Crippen LogP contribution in [0.25, 0.3) is 0 Å². The van der Waals surface area contributed by atoms with Crippen molar-refractivity contribution >= 4 is 0 Å². The third-order valence-electron chi connectivity index (χ3n) is 5.40. The first-order valence-electron chi connectivity index (χ1n) is 7.99. The van der Waals surface area contributed by atoms with Crippen LogP contribution in [0.4, 0.5) is 0 Å². The Balaban J connectivity index is 1.35. The molecule has 0 saturated carbocycles. The fourth-order valence-electron chi connectivity index (χ4n) is 4.14. The van der Waals surface area contributed by atoms with Crippen LogP contribution in [0.5, 0.6) is 0 Å². The van der Waals surface area contributed by atoms with Gasteiger partial charge in [-0.15, -0.1) is 0 Å². The van der Waals surface area contributed by atoms with E-state index >= 15 is 0 Å². The lowest BCUT2D eigenvalue weighted by Crippen LogP contribution is -2.40. The van der Waals surface area contributed by atoms with Crippen LogP contribution in [0.3, 0.4) is 0 Å². The van der Waals surface area contributed by atoms with Crippen molar-refractivity contribution in [2.24, 2.45) is 5.92 Å². The van der Waals surface area contributed by atoms with Crippen molar-refractivity contribution in [3.05, 3.63) is 0 Å². The van der Waals surface area contributed by atoms with Crippen LogP contribution >= 0.6 is 0 Å². The van der Waals surface area contributed by atoms with Gasteiger partial charge in [-0.05, 0) is 77.7 Å². The summed E-state index contributed by atoms with van der Waals surface area (Å²) in [7, 11) is 2.25. The van der Waals surface area contributed by atoms with Gasteiger partial charge >= 0.3 is 0 Å². The number of fused-ring (bicyclic) bond motifs is 1. The summed E-state index contributed by atoms with van der Waals surface area (Å²) < 4.78 is 0. The molecule has 3 aliphatic heterocycles. The highest BCUT2D eigenvalue weighted by atomic mass is 15.2. The third-order valence-corrected chi connectivity index (χ3v) is 5.40. The normalized spacial score (nSPS) is 35.2. The van der Waals surface area contributed by atoms with Gasteiger partial charge in [0.2, 0.25) is 0 Å². The molecule has 0 aromatic carbocycles. The summed E-state index contributed by atoms with van der Waals surface area (Å²) in [4.78, 5) is 5.17. The number of nitrogens with zero attached hydrogens (tertiary/aromatic N) is 2. The van der Waals surface area contributed by atoms with Gasteiger partial charge in [0.15, 0.2) is 0 Å². The molecular formula is C15H29N3. The van der Waals surface area contributed by atoms with Crippen molar-refractivity contribution in [1.82, 2.24) is 15.1 Å². The second-order valence-corrected chi connectivity index (χ2v) is 6.63. The highest BCUT2D eigenvalue weighted by Crippen LogP contribution is 2.28. The Morgan fingerprint density at radius 2 is 1.83 bits per heavy atom. The topological polar surface area (TPSA) is 18.5 Å². The number of nitrogens with one attached hydrogen (secondary N) is 1. The Labute approximate surface area is 112 Å². The minimum Gasteiger partial charge on any atom is -0.312 e. The summed E-state index contributed by atoms with van der Waals surface area (Å²) in [6.45, 7) is 6.58. The molecule has 2 unspecified atom stereocenters. The zero-order valence-corrected chi connectivity index (χ0v) is 11.9. The largest absolute Gasteiger partial charge is 0.312 e. The monoisotopic (exact) mass is 251 g/mol. The van der Waals surface area contributed by atoms with Gasteiger partial charge in [0, 0.05) is 18.6 Å². The molecule has 18 heavy (non-hydrogen) atoms. The molecule has 2 atom stereocenters. The van der Waals surface area contributed by atoms with E-state index in [9.17, 15) is 0 Å². The molecule has 0 aliphatic carbocycles. The first-order chi connectivity index (χ1) is 8.83. The van der Waals surface area contributed by atoms with Gasteiger partial charge in [-0.1, -0.05) is 0 Å². The minimum atomic E-state index is 0.804. The summed E-state index contributed by atoms with van der Waals surface area (Å²) >= 11 is 0. The first-order valence-corrected chi connectivity index (χ1v) is 7.99. The van der Waals surface area contributed by atoms with E-state index in [0.717, 1.165) is 18.0 Å². The smallest absolute Gasteiger partial charge is 0.0250 e. The molecule has 0 aromatic heterocycles. The Morgan fingerprint density at radius 1 is 1.00 bits per heavy atom. The predicted octanol–water partition coefficient (Wildman–Crippen LogP) is 1.54. The molecule has 0 amide bonds. The van der Waals surface area contributed by atoms with Crippen LogP contribution < -0.4 is 5.32 Å². The van der Waals surface area contributed by atoms with Gasteiger partial charge in [0.1, 0.15) is 0 Å². The zero-order chi connectivity index (χ0) is 12.4. The molecule has 104 valence electrons. The second kappa shape index (κ2) is 5.89. The molecular weight excluding hydrogens is 222 g/mol. The summed E-state index contributed by atoms with van der Waals surface area (Å²) in [5.74, 6) is 0.981. The van der Waals surface area contributed by atoms with Crippen molar-refractivity contribution < 1.29 is 0 Å². The number of likely N-dealkylation sites (tertiary alicyclic amines) is 1. The lowest BCUT2D eigenvalue weighted by molar-refractivity contribution is 0.209. The number of hydrogen-bond donors (Lipinski definition) is 1. The lowest BCUT2D eigenvalue weighted by atomic mass is 9.93. The number of piperidine rings is 1. The van der Waals surface area contributed by atoms with Crippen LogP contribution in [0.2, 0.25) is 0 Å². The van der Waals surface area contributed by atoms with Crippen LogP contribution in [0, 0.1) is 5.92 Å². The Kier molecular flexibility index (Phi) is 4.22. The molecule has 1 N–H and O–H groups in total. The molecule has 3 rings (SSSR count). The maximum atomic E-state index is 3.86. The van der Waals surface area contributed by atoms with Crippen LogP contribution in [0.15, 0.2) is 0 Å². The van der Waals surface area contributed by atoms with Crippen LogP contribution in [-0.2, 0) is 0 Å². The van der Waals surface area contributed by atoms with Gasteiger partial charge in [0.25, 0.3) is 0 Å². The Bertz CT molecular complexity index is 260. The standard InChI is InChI=1S/C15H29N3/c1-17-10-5-13(6-11-17)4-8-16-14-7-12-18-9-2-3-15(14)18/h13-16H,2-12H2,1H3. The van der Waals surface area contributed by atoms with Crippen molar-refractivity contribution in [2.45, 2.75) is 50.6 Å². The molecule has 0 aromatic rings. The van der Waals surface area contributed by atoms with E-state index in [0.29, 0.717) is 0 Å². The molecule has 0 spiro atoms. The Morgan fingerprint density at radius 3 is 2.67 bits per heavy atom. The van der Waals surface area contributed by atoms with E-state index < -0.39 is 0 Å². The van der Waals surface area contributed by atoms with Crippen molar-refractivity contribution in [3.63, 3.8) is 0 Å². The van der Waals surface area contributed by atoms with Gasteiger partial charge in [-0.25, -0.2) is 0 Å². The maximum Gasteiger partial charge on any atom is 0.0250 e. The van der Waals surface area contributed by atoms with Crippen molar-refractivity contribution in [1.29, 1.82) is 0 Å². The summed E-state index contributed by atoms with van der Waals surface area (Å²) in [6.07, 6.45) is 8.48. The van der Waals surface area contributed by atoms with E-state index in [4.69, 9.17) is 0 Å². The van der Waals surface area contributed by atoms with Crippen LogP contribution in [-0.4, -0.2) is 61.7 Å². The summed E-state index contributed by atoms with van der Waals surface area (Å²) in [5, 5.41) is 3.86. The molecule has 3 nitrogen and oxygen atoms in total. The quantitative estimate of drug-likeness (QED) is 0.818. The van der Waals surface area contributed by atoms with Gasteiger partial charge < -0.3 is 10.2 Å². The molecule has 3 saturated heterocycles. The average molecular weight is 251 g/mol. The van der Waals surface area contributed by atoms with E-state index in [1.54, 1.807) is 0 Å². The van der Waals surface area contributed by atoms with Crippen LogP contribution in [0.1, 0.15) is 38.5 Å². The fourth-order valence-corrected chi connectivity index (χ4v) is 4.14. The Hall–Kier alpha value is -0.120. The van der Waals surface area contributed by atoms with Gasteiger partial charge in [0.05, 0.1) is 0 Å². The third kappa shape index (κ3) is 2.89. The van der Waals surface area contributed by atoms with Crippen molar-refractivity contribution in [3.8, 4) is 0 Å². The molecule has 3 heteroatoms. The summed E-state index contributed by atoms with van der Waals surface area (Å²) in [6, 6.07) is 1.68. The van der Waals surface area contributed by atoms with E-state index in [2.05, 4.69) is 22.2 Å². The predicted molar refractivity (Wildman–Crippen MR) is 75.8 cm³/mol. The van der Waals surface area contributed by atoms with E-state index in [-0.39, 0.29) is 0 Å². The molecule has 3 fully saturated rings. The zero-order valence-electron chi connectivity index (χ0n) is 11.9. The SMILES string of the molecule is CN1CCC(CCNC2CCN3CCCC23)CC1. The maximum absolute atomic E-state index is 3.86. The summed E-state index contributed by atoms with van der Waals surface area (Å²) in [5.41, 5.74) is 0. The van der Waals surface area contributed by atoms with E-state index in [1.165, 1.54) is 71.2 Å². The molecule has 0 bridgehead atoms. The minimum absolute atomic E-state index is 0.804.